The molecule has 0 aromatic carbocycles. The Kier molecular flexibility index (Phi) is 7.97. The first kappa shape index (κ1) is 26.4. The molecule has 0 radical (unpaired) electrons. The third kappa shape index (κ3) is 6.07. The molecule has 192 valence electrons. The molecule has 0 bridgehead atoms. The first-order valence-electron chi connectivity index (χ1n) is 12.2. The average Bonchev–Trinajstić information content (AvgIpc) is 3.38. The number of ether oxygens (including phenoxy) is 1. The van der Waals surface area contributed by atoms with Gasteiger partial charge in [-0.05, 0) is 19.3 Å². The van der Waals surface area contributed by atoms with Gasteiger partial charge in [0.25, 0.3) is 11.4 Å². The molecule has 1 atom stereocenters. The Balaban J connectivity index is 1.83. The lowest BCUT2D eigenvalue weighted by Crippen LogP contribution is -2.31. The van der Waals surface area contributed by atoms with Crippen LogP contribution in [0.25, 0.3) is 11.2 Å². The van der Waals surface area contributed by atoms with Crippen molar-refractivity contribution in [3.63, 3.8) is 0 Å². The fourth-order valence-corrected chi connectivity index (χ4v) is 3.72. The van der Waals surface area contributed by atoms with E-state index in [1.807, 2.05) is 46.1 Å². The maximum absolute atomic E-state index is 12.7. The third-order valence-electron chi connectivity index (χ3n) is 5.57. The molecule has 11 heteroatoms. The minimum atomic E-state index is -0.692. The van der Waals surface area contributed by atoms with Gasteiger partial charge in [-0.15, -0.1) is 0 Å². The summed E-state index contributed by atoms with van der Waals surface area (Å²) in [5.41, 5.74) is -0.521. The van der Waals surface area contributed by atoms with Crippen molar-refractivity contribution in [1.29, 1.82) is 0 Å². The SMILES string of the molecule is CCCCn1c(=O)[nH]c(=O)c2c1nc(CCC(=O)OC(C)c1nc(C(C)(C)C)no1)n2CC(C)C. The normalized spacial score (nSPS) is 13.0. The van der Waals surface area contributed by atoms with Gasteiger partial charge in [-0.1, -0.05) is 53.1 Å². The van der Waals surface area contributed by atoms with Gasteiger partial charge < -0.3 is 13.8 Å². The summed E-state index contributed by atoms with van der Waals surface area (Å²) in [6.45, 7) is 14.7. The lowest BCUT2D eigenvalue weighted by molar-refractivity contribution is -0.149. The van der Waals surface area contributed by atoms with E-state index in [1.165, 1.54) is 4.57 Å². The van der Waals surface area contributed by atoms with Crippen LogP contribution in [-0.2, 0) is 34.5 Å². The van der Waals surface area contributed by atoms with E-state index in [-0.39, 0.29) is 30.1 Å². The molecule has 0 fully saturated rings. The maximum atomic E-state index is 12.7. The predicted molar refractivity (Wildman–Crippen MR) is 130 cm³/mol. The Morgan fingerprint density at radius 1 is 1.14 bits per heavy atom. The molecule has 0 saturated heterocycles. The predicted octanol–water partition coefficient (Wildman–Crippen LogP) is 3.26. The number of aromatic amines is 1. The summed E-state index contributed by atoms with van der Waals surface area (Å²) in [4.78, 5) is 49.2. The van der Waals surface area contributed by atoms with Crippen LogP contribution in [0.5, 0.6) is 0 Å². The van der Waals surface area contributed by atoms with Gasteiger partial charge in [-0.3, -0.25) is 19.1 Å². The van der Waals surface area contributed by atoms with E-state index in [0.717, 1.165) is 12.8 Å². The Bertz CT molecular complexity index is 1290. The van der Waals surface area contributed by atoms with E-state index in [1.54, 1.807) is 6.92 Å². The topological polar surface area (TPSA) is 138 Å². The van der Waals surface area contributed by atoms with E-state index in [2.05, 4.69) is 20.1 Å². The average molecular weight is 489 g/mol. The maximum Gasteiger partial charge on any atom is 0.330 e. The molecule has 3 rings (SSSR count). The standard InChI is InChI=1S/C24H36N6O5/c1-8-9-12-29-19-18(20(32)26-23(29)33)30(13-14(2)3)16(25-19)10-11-17(31)34-15(4)21-27-22(28-35-21)24(5,6)7/h14-15H,8-13H2,1-7H3,(H,26,32,33). The van der Waals surface area contributed by atoms with Crippen LogP contribution in [0.1, 0.15) is 91.4 Å². The molecule has 11 nitrogen and oxygen atoms in total. The van der Waals surface area contributed by atoms with E-state index >= 15 is 0 Å². The van der Waals surface area contributed by atoms with Crippen molar-refractivity contribution in [2.45, 2.75) is 98.8 Å². The molecule has 0 aliphatic carbocycles. The summed E-state index contributed by atoms with van der Waals surface area (Å²) in [5, 5.41) is 3.97. The van der Waals surface area contributed by atoms with Crippen molar-refractivity contribution in [1.82, 2.24) is 29.2 Å². The molecule has 3 aromatic rings. The molecular weight excluding hydrogens is 452 g/mol. The number of hydrogen-bond donors (Lipinski definition) is 1. The highest BCUT2D eigenvalue weighted by Gasteiger charge is 2.25. The molecule has 1 unspecified atom stereocenters. The first-order valence-corrected chi connectivity index (χ1v) is 12.2. The summed E-state index contributed by atoms with van der Waals surface area (Å²) >= 11 is 0. The van der Waals surface area contributed by atoms with Crippen LogP contribution in [0.15, 0.2) is 14.1 Å². The molecule has 1 N–H and O–H groups in total. The number of imidazole rings is 1. The number of carbonyl (C=O) groups excluding carboxylic acids is 1. The number of nitrogens with one attached hydrogen (secondary N) is 1. The van der Waals surface area contributed by atoms with Crippen molar-refractivity contribution in [2.75, 3.05) is 0 Å². The number of unbranched alkanes of at least 4 members (excludes halogenated alkanes) is 1. The first-order chi connectivity index (χ1) is 16.4. The Morgan fingerprint density at radius 2 is 1.86 bits per heavy atom. The number of carbonyl (C=O) groups is 1. The van der Waals surface area contributed by atoms with Crippen molar-refractivity contribution in [2.24, 2.45) is 5.92 Å². The number of fused-ring (bicyclic) bond motifs is 1. The molecular formula is C24H36N6O5. The highest BCUT2D eigenvalue weighted by atomic mass is 16.6. The van der Waals surface area contributed by atoms with Crippen LogP contribution in [0, 0.1) is 5.92 Å². The highest BCUT2D eigenvalue weighted by Crippen LogP contribution is 2.23. The lowest BCUT2D eigenvalue weighted by Gasteiger charge is -2.12. The Labute approximate surface area is 203 Å². The third-order valence-corrected chi connectivity index (χ3v) is 5.57. The van der Waals surface area contributed by atoms with Crippen LogP contribution in [0.4, 0.5) is 0 Å². The second kappa shape index (κ2) is 10.6. The van der Waals surface area contributed by atoms with Gasteiger partial charge in [-0.25, -0.2) is 9.78 Å². The summed E-state index contributed by atoms with van der Waals surface area (Å²) in [6.07, 6.45) is 1.29. The number of aromatic nitrogens is 6. The van der Waals surface area contributed by atoms with Crippen LogP contribution in [0.2, 0.25) is 0 Å². The van der Waals surface area contributed by atoms with Gasteiger partial charge in [-0.2, -0.15) is 4.98 Å². The molecule has 35 heavy (non-hydrogen) atoms. The second-order valence-corrected chi connectivity index (χ2v) is 10.3. The van der Waals surface area contributed by atoms with Crippen molar-refractivity contribution < 1.29 is 14.1 Å². The van der Waals surface area contributed by atoms with Crippen molar-refractivity contribution >= 4 is 17.1 Å². The summed E-state index contributed by atoms with van der Waals surface area (Å²) in [5.74, 6) is 1.11. The number of nitrogens with zero attached hydrogens (tertiary/aromatic N) is 5. The van der Waals surface area contributed by atoms with Gasteiger partial charge in [0.15, 0.2) is 23.1 Å². The molecule has 3 aromatic heterocycles. The van der Waals surface area contributed by atoms with Crippen molar-refractivity contribution in [3.8, 4) is 0 Å². The number of hydrogen-bond acceptors (Lipinski definition) is 8. The molecule has 3 heterocycles. The number of H-pyrrole nitrogens is 1. The second-order valence-electron chi connectivity index (χ2n) is 10.3. The zero-order chi connectivity index (χ0) is 25.9. The van der Waals surface area contributed by atoms with Crippen LogP contribution in [-0.4, -0.2) is 35.2 Å². The lowest BCUT2D eigenvalue weighted by atomic mass is 9.96. The van der Waals surface area contributed by atoms with Crippen LogP contribution < -0.4 is 11.2 Å². The number of aryl methyl sites for hydroxylation is 2. The van der Waals surface area contributed by atoms with E-state index < -0.39 is 23.3 Å². The molecule has 0 spiro atoms. The molecule has 0 aliphatic rings. The largest absolute Gasteiger partial charge is 0.453 e. The van der Waals surface area contributed by atoms with E-state index in [0.29, 0.717) is 35.9 Å². The fourth-order valence-electron chi connectivity index (χ4n) is 3.72. The summed E-state index contributed by atoms with van der Waals surface area (Å²) in [7, 11) is 0. The van der Waals surface area contributed by atoms with Gasteiger partial charge in [0.2, 0.25) is 0 Å². The smallest absolute Gasteiger partial charge is 0.330 e. The molecule has 0 saturated carbocycles. The number of rotatable bonds is 10. The monoisotopic (exact) mass is 488 g/mol. The van der Waals surface area contributed by atoms with E-state index in [9.17, 15) is 14.4 Å². The fraction of sp³-hybridized carbons (Fsp3) is 0.667. The molecule has 0 aliphatic heterocycles. The quantitative estimate of drug-likeness (QED) is 0.429. The minimum absolute atomic E-state index is 0.0448. The summed E-state index contributed by atoms with van der Waals surface area (Å²) < 4.78 is 14.1. The minimum Gasteiger partial charge on any atom is -0.453 e. The summed E-state index contributed by atoms with van der Waals surface area (Å²) in [6, 6.07) is 0. The van der Waals surface area contributed by atoms with Crippen LogP contribution >= 0.6 is 0 Å². The zero-order valence-electron chi connectivity index (χ0n) is 21.7. The Morgan fingerprint density at radius 3 is 2.46 bits per heavy atom. The van der Waals surface area contributed by atoms with Crippen LogP contribution in [0.3, 0.4) is 0 Å². The van der Waals surface area contributed by atoms with Gasteiger partial charge in [0, 0.05) is 24.9 Å². The Hall–Kier alpha value is -3.24. The van der Waals surface area contributed by atoms with E-state index in [4.69, 9.17) is 9.26 Å². The molecule has 0 amide bonds. The highest BCUT2D eigenvalue weighted by molar-refractivity contribution is 5.72. The van der Waals surface area contributed by atoms with Gasteiger partial charge >= 0.3 is 11.7 Å². The van der Waals surface area contributed by atoms with Crippen molar-refractivity contribution in [3.05, 3.63) is 38.4 Å². The number of esters is 1. The zero-order valence-corrected chi connectivity index (χ0v) is 21.7. The van der Waals surface area contributed by atoms with Gasteiger partial charge in [0.05, 0.1) is 6.42 Å². The van der Waals surface area contributed by atoms with Gasteiger partial charge in [0.1, 0.15) is 5.82 Å².